The second kappa shape index (κ2) is 5.55. The molecule has 88 valence electrons. The van der Waals surface area contributed by atoms with E-state index in [0.717, 1.165) is 26.1 Å². The Morgan fingerprint density at radius 3 is 2.88 bits per heavy atom. The van der Waals surface area contributed by atoms with E-state index in [1.54, 1.807) is 30.0 Å². The summed E-state index contributed by atoms with van der Waals surface area (Å²) in [5.41, 5.74) is 6.47. The molecule has 0 saturated carbocycles. The summed E-state index contributed by atoms with van der Waals surface area (Å²) in [5, 5.41) is 0.592. The number of hydrogen-bond donors (Lipinski definition) is 1. The van der Waals surface area contributed by atoms with Gasteiger partial charge in [-0.05, 0) is 24.5 Å². The van der Waals surface area contributed by atoms with E-state index < -0.39 is 0 Å². The Balaban J connectivity index is 1.91. The van der Waals surface area contributed by atoms with Crippen LogP contribution in [0.2, 0.25) is 0 Å². The second-order valence-corrected chi connectivity index (χ2v) is 5.23. The van der Waals surface area contributed by atoms with Crippen molar-refractivity contribution in [1.29, 1.82) is 0 Å². The van der Waals surface area contributed by atoms with Crippen molar-refractivity contribution in [3.8, 4) is 0 Å². The van der Waals surface area contributed by atoms with Crippen LogP contribution in [0, 0.1) is 5.82 Å². The normalized spacial score (nSPS) is 17.6. The quantitative estimate of drug-likeness (QED) is 0.826. The van der Waals surface area contributed by atoms with Crippen molar-refractivity contribution in [2.45, 2.75) is 23.8 Å². The molecular weight excluding hydrogens is 225 g/mol. The van der Waals surface area contributed by atoms with Gasteiger partial charge in [0.05, 0.1) is 5.69 Å². The fourth-order valence-corrected chi connectivity index (χ4v) is 2.93. The van der Waals surface area contributed by atoms with Crippen LogP contribution in [0.5, 0.6) is 0 Å². The van der Waals surface area contributed by atoms with Gasteiger partial charge in [0, 0.05) is 24.2 Å². The maximum absolute atomic E-state index is 13.6. The Kier molecular flexibility index (Phi) is 4.07. The fourth-order valence-electron chi connectivity index (χ4n) is 1.76. The van der Waals surface area contributed by atoms with E-state index in [-0.39, 0.29) is 11.5 Å². The van der Waals surface area contributed by atoms with Crippen LogP contribution in [-0.2, 0) is 10.5 Å². The average molecular weight is 241 g/mol. The molecular formula is C12H16FNOS. The van der Waals surface area contributed by atoms with Gasteiger partial charge >= 0.3 is 0 Å². The van der Waals surface area contributed by atoms with E-state index in [0.29, 0.717) is 16.6 Å². The summed E-state index contributed by atoms with van der Waals surface area (Å²) >= 11 is 1.80. The molecule has 0 spiro atoms. The Morgan fingerprint density at radius 2 is 2.12 bits per heavy atom. The van der Waals surface area contributed by atoms with E-state index in [2.05, 4.69) is 0 Å². The number of rotatable bonds is 3. The van der Waals surface area contributed by atoms with Crippen LogP contribution in [0.25, 0.3) is 0 Å². The largest absolute Gasteiger partial charge is 0.396 e. The van der Waals surface area contributed by atoms with Crippen LogP contribution in [0.4, 0.5) is 10.1 Å². The van der Waals surface area contributed by atoms with Gasteiger partial charge in [-0.2, -0.15) is 11.8 Å². The van der Waals surface area contributed by atoms with Crippen LogP contribution >= 0.6 is 11.8 Å². The number of benzene rings is 1. The van der Waals surface area contributed by atoms with Gasteiger partial charge in [-0.25, -0.2) is 4.39 Å². The van der Waals surface area contributed by atoms with Gasteiger partial charge in [-0.1, -0.05) is 12.1 Å². The molecule has 1 saturated heterocycles. The van der Waals surface area contributed by atoms with Gasteiger partial charge in [0.1, 0.15) is 5.82 Å². The van der Waals surface area contributed by atoms with Gasteiger partial charge in [0.15, 0.2) is 0 Å². The zero-order chi connectivity index (χ0) is 11.4. The molecule has 4 heteroatoms. The molecule has 2 rings (SSSR count). The number of halogens is 1. The van der Waals surface area contributed by atoms with Crippen LogP contribution in [0.1, 0.15) is 18.4 Å². The molecule has 0 amide bonds. The summed E-state index contributed by atoms with van der Waals surface area (Å²) in [6.07, 6.45) is 2.13. The van der Waals surface area contributed by atoms with Crippen molar-refractivity contribution in [1.82, 2.24) is 0 Å². The molecule has 1 fully saturated rings. The maximum Gasteiger partial charge on any atom is 0.150 e. The summed E-state index contributed by atoms with van der Waals surface area (Å²) in [5.74, 6) is 0.434. The molecule has 0 bridgehead atoms. The standard InChI is InChI=1S/C12H16FNOS/c13-12-9(2-1-3-11(12)14)8-16-10-4-6-15-7-5-10/h1-3,10H,4-8,14H2. The zero-order valence-corrected chi connectivity index (χ0v) is 9.93. The molecule has 0 unspecified atom stereocenters. The number of nitrogen functional groups attached to an aromatic ring is 1. The maximum atomic E-state index is 13.6. The SMILES string of the molecule is Nc1cccc(CSC2CCOCC2)c1F. The second-order valence-electron chi connectivity index (χ2n) is 3.94. The molecule has 0 aliphatic carbocycles. The molecule has 1 heterocycles. The van der Waals surface area contributed by atoms with Crippen LogP contribution in [0.15, 0.2) is 18.2 Å². The molecule has 16 heavy (non-hydrogen) atoms. The van der Waals surface area contributed by atoms with Crippen LogP contribution in [0.3, 0.4) is 0 Å². The Hall–Kier alpha value is -0.740. The first-order chi connectivity index (χ1) is 7.77. The van der Waals surface area contributed by atoms with E-state index in [1.165, 1.54) is 0 Å². The monoisotopic (exact) mass is 241 g/mol. The van der Waals surface area contributed by atoms with Crippen molar-refractivity contribution >= 4 is 17.4 Å². The first kappa shape index (κ1) is 11.7. The molecule has 1 aromatic rings. The third-order valence-corrected chi connectivity index (χ3v) is 4.17. The van der Waals surface area contributed by atoms with Crippen molar-refractivity contribution in [3.63, 3.8) is 0 Å². The van der Waals surface area contributed by atoms with E-state index in [1.807, 2.05) is 0 Å². The van der Waals surface area contributed by atoms with Crippen molar-refractivity contribution in [3.05, 3.63) is 29.6 Å². The average Bonchev–Trinajstić information content (AvgIpc) is 2.32. The highest BCUT2D eigenvalue weighted by Gasteiger charge is 2.15. The van der Waals surface area contributed by atoms with Gasteiger partial charge in [-0.3, -0.25) is 0 Å². The first-order valence-corrected chi connectivity index (χ1v) is 6.54. The van der Waals surface area contributed by atoms with Crippen molar-refractivity contribution < 1.29 is 9.13 Å². The van der Waals surface area contributed by atoms with Gasteiger partial charge in [0.2, 0.25) is 0 Å². The highest BCUT2D eigenvalue weighted by atomic mass is 32.2. The predicted molar refractivity (Wildman–Crippen MR) is 65.9 cm³/mol. The first-order valence-electron chi connectivity index (χ1n) is 5.49. The number of thioether (sulfide) groups is 1. The van der Waals surface area contributed by atoms with Gasteiger partial charge < -0.3 is 10.5 Å². The molecule has 2 N–H and O–H groups in total. The van der Waals surface area contributed by atoms with Crippen LogP contribution < -0.4 is 5.73 Å². The topological polar surface area (TPSA) is 35.2 Å². The minimum atomic E-state index is -0.262. The van der Waals surface area contributed by atoms with E-state index in [4.69, 9.17) is 10.5 Å². The lowest BCUT2D eigenvalue weighted by Gasteiger charge is -2.21. The lowest BCUT2D eigenvalue weighted by atomic mass is 10.2. The molecule has 2 nitrogen and oxygen atoms in total. The van der Waals surface area contributed by atoms with Gasteiger partial charge in [-0.15, -0.1) is 0 Å². The molecule has 0 radical (unpaired) electrons. The summed E-state index contributed by atoms with van der Waals surface area (Å²) in [6.45, 7) is 1.66. The molecule has 0 atom stereocenters. The Labute approximate surface area is 99.4 Å². The summed E-state index contributed by atoms with van der Waals surface area (Å²) in [7, 11) is 0. The molecule has 1 aliphatic rings. The smallest absolute Gasteiger partial charge is 0.150 e. The van der Waals surface area contributed by atoms with Crippen molar-refractivity contribution in [2.24, 2.45) is 0 Å². The number of anilines is 1. The van der Waals surface area contributed by atoms with Crippen LogP contribution in [-0.4, -0.2) is 18.5 Å². The lowest BCUT2D eigenvalue weighted by Crippen LogP contribution is -2.17. The minimum Gasteiger partial charge on any atom is -0.396 e. The molecule has 1 aliphatic heterocycles. The van der Waals surface area contributed by atoms with Crippen molar-refractivity contribution in [2.75, 3.05) is 18.9 Å². The predicted octanol–water partition coefficient (Wildman–Crippen LogP) is 2.82. The highest BCUT2D eigenvalue weighted by molar-refractivity contribution is 7.99. The zero-order valence-electron chi connectivity index (χ0n) is 9.12. The molecule has 1 aromatic carbocycles. The Morgan fingerprint density at radius 1 is 1.38 bits per heavy atom. The lowest BCUT2D eigenvalue weighted by molar-refractivity contribution is 0.1000. The molecule has 0 aromatic heterocycles. The Bertz CT molecular complexity index is 353. The minimum absolute atomic E-state index is 0.241. The third-order valence-electron chi connectivity index (χ3n) is 2.75. The van der Waals surface area contributed by atoms with E-state index in [9.17, 15) is 4.39 Å². The fraction of sp³-hybridized carbons (Fsp3) is 0.500. The number of nitrogens with two attached hydrogens (primary N) is 1. The van der Waals surface area contributed by atoms with Gasteiger partial charge in [0.25, 0.3) is 0 Å². The summed E-state index contributed by atoms with van der Waals surface area (Å²) in [6, 6.07) is 5.20. The number of hydrogen-bond acceptors (Lipinski definition) is 3. The summed E-state index contributed by atoms with van der Waals surface area (Å²) in [4.78, 5) is 0. The number of ether oxygens (including phenoxy) is 1. The third kappa shape index (κ3) is 2.89. The summed E-state index contributed by atoms with van der Waals surface area (Å²) < 4.78 is 18.9. The van der Waals surface area contributed by atoms with E-state index >= 15 is 0 Å². The highest BCUT2D eigenvalue weighted by Crippen LogP contribution is 2.27.